The van der Waals surface area contributed by atoms with Crippen LogP contribution in [0.2, 0.25) is 12.1 Å². The highest BCUT2D eigenvalue weighted by Crippen LogP contribution is 2.40. The van der Waals surface area contributed by atoms with E-state index < -0.39 is 5.79 Å². The van der Waals surface area contributed by atoms with Crippen molar-refractivity contribution in [1.82, 2.24) is 0 Å². The maximum atomic E-state index is 10.1. The van der Waals surface area contributed by atoms with Gasteiger partial charge in [-0.15, -0.1) is 0 Å². The third kappa shape index (κ3) is 1.53. The third-order valence-corrected chi connectivity index (χ3v) is 3.03. The summed E-state index contributed by atoms with van der Waals surface area (Å²) >= 11 is 0. The molecule has 0 amide bonds. The molecule has 0 aromatic rings. The first kappa shape index (κ1) is 8.58. The largest absolute Gasteiger partial charge is 0.366 e. The Balaban J connectivity index is 2.07. The molecule has 1 saturated heterocycles. The average molecular weight is 167 g/mol. The molecule has 0 aromatic heterocycles. The molecule has 1 saturated carbocycles. The van der Waals surface area contributed by atoms with E-state index in [2.05, 4.69) is 7.28 Å². The van der Waals surface area contributed by atoms with Gasteiger partial charge in [-0.3, -0.25) is 0 Å². The van der Waals surface area contributed by atoms with Crippen LogP contribution in [0.5, 0.6) is 0 Å². The number of fused-ring (bicyclic) bond motifs is 1. The van der Waals surface area contributed by atoms with Crippen molar-refractivity contribution in [3.8, 4) is 0 Å². The number of ether oxygens (including phenoxy) is 1. The molecule has 0 bridgehead atoms. The molecule has 2 unspecified atom stereocenters. The van der Waals surface area contributed by atoms with Gasteiger partial charge in [-0.25, -0.2) is 0 Å². The van der Waals surface area contributed by atoms with Crippen molar-refractivity contribution in [2.45, 2.75) is 50.0 Å². The standard InChI is InChI=1S/C9H16BO2/c11-9-5-2-1-4-8(9)10-6-3-7-12-9/h8,11H,1-7H2. The van der Waals surface area contributed by atoms with Gasteiger partial charge in [0.05, 0.1) is 0 Å². The fourth-order valence-electron chi connectivity index (χ4n) is 2.29. The zero-order valence-corrected chi connectivity index (χ0v) is 7.46. The normalized spacial score (nSPS) is 42.6. The molecule has 0 aromatic carbocycles. The first-order valence-corrected chi connectivity index (χ1v) is 5.01. The van der Waals surface area contributed by atoms with Crippen LogP contribution in [0.1, 0.15) is 32.1 Å². The molecule has 1 radical (unpaired) electrons. The fraction of sp³-hybridized carbons (Fsp3) is 1.00. The second kappa shape index (κ2) is 3.39. The topological polar surface area (TPSA) is 29.5 Å². The molecule has 1 aliphatic carbocycles. The minimum absolute atomic E-state index is 0.300. The summed E-state index contributed by atoms with van der Waals surface area (Å²) in [6.07, 6.45) is 6.46. The lowest BCUT2D eigenvalue weighted by Gasteiger charge is -2.38. The van der Waals surface area contributed by atoms with Crippen molar-refractivity contribution < 1.29 is 9.84 Å². The maximum Gasteiger partial charge on any atom is 0.161 e. The molecule has 1 heterocycles. The molecular formula is C9H16BO2. The Morgan fingerprint density at radius 2 is 2.25 bits per heavy atom. The van der Waals surface area contributed by atoms with Crippen LogP contribution in [-0.4, -0.2) is 24.8 Å². The number of hydrogen-bond donors (Lipinski definition) is 1. The summed E-state index contributed by atoms with van der Waals surface area (Å²) < 4.78 is 5.52. The summed E-state index contributed by atoms with van der Waals surface area (Å²) in [6, 6.07) is 0. The Morgan fingerprint density at radius 1 is 1.33 bits per heavy atom. The maximum absolute atomic E-state index is 10.1. The summed E-state index contributed by atoms with van der Waals surface area (Å²) in [5.41, 5.74) is 0. The summed E-state index contributed by atoms with van der Waals surface area (Å²) in [5, 5.41) is 10.1. The Labute approximate surface area is 74.5 Å². The van der Waals surface area contributed by atoms with Gasteiger partial charge < -0.3 is 9.84 Å². The molecule has 1 aliphatic heterocycles. The van der Waals surface area contributed by atoms with Gasteiger partial charge in [-0.05, 0) is 18.7 Å². The van der Waals surface area contributed by atoms with Gasteiger partial charge in [0.1, 0.15) is 7.28 Å². The molecule has 0 spiro atoms. The number of rotatable bonds is 0. The van der Waals surface area contributed by atoms with Crippen LogP contribution in [0.15, 0.2) is 0 Å². The Hall–Kier alpha value is -0.0151. The molecule has 67 valence electrons. The van der Waals surface area contributed by atoms with Crippen LogP contribution in [0.25, 0.3) is 0 Å². The zero-order chi connectivity index (χ0) is 8.44. The lowest BCUT2D eigenvalue weighted by atomic mass is 9.54. The van der Waals surface area contributed by atoms with Crippen molar-refractivity contribution in [2.75, 3.05) is 6.61 Å². The Kier molecular flexibility index (Phi) is 2.42. The van der Waals surface area contributed by atoms with Crippen molar-refractivity contribution in [3.63, 3.8) is 0 Å². The molecule has 1 N–H and O–H groups in total. The molecular weight excluding hydrogens is 151 g/mol. The summed E-state index contributed by atoms with van der Waals surface area (Å²) in [5.74, 6) is -0.497. The molecule has 2 fully saturated rings. The van der Waals surface area contributed by atoms with E-state index in [4.69, 9.17) is 4.74 Å². The Bertz CT molecular complexity index is 163. The van der Waals surface area contributed by atoms with Crippen LogP contribution in [0, 0.1) is 0 Å². The minimum atomic E-state index is -0.797. The van der Waals surface area contributed by atoms with Crippen LogP contribution in [0.3, 0.4) is 0 Å². The summed E-state index contributed by atoms with van der Waals surface area (Å²) in [6.45, 7) is 0.726. The lowest BCUT2D eigenvalue weighted by Crippen LogP contribution is -2.40. The van der Waals surface area contributed by atoms with E-state index in [-0.39, 0.29) is 0 Å². The number of hydrogen-bond acceptors (Lipinski definition) is 2. The second-order valence-electron chi connectivity index (χ2n) is 3.92. The van der Waals surface area contributed by atoms with E-state index >= 15 is 0 Å². The van der Waals surface area contributed by atoms with E-state index in [0.717, 1.165) is 38.6 Å². The van der Waals surface area contributed by atoms with Crippen molar-refractivity contribution in [1.29, 1.82) is 0 Å². The highest BCUT2D eigenvalue weighted by molar-refractivity contribution is 6.38. The van der Waals surface area contributed by atoms with Crippen LogP contribution in [0.4, 0.5) is 0 Å². The first-order valence-electron chi connectivity index (χ1n) is 5.01. The zero-order valence-electron chi connectivity index (χ0n) is 7.46. The van der Waals surface area contributed by atoms with Crippen molar-refractivity contribution in [3.05, 3.63) is 0 Å². The highest BCUT2D eigenvalue weighted by atomic mass is 16.6. The lowest BCUT2D eigenvalue weighted by molar-refractivity contribution is -0.216. The van der Waals surface area contributed by atoms with E-state index in [1.54, 1.807) is 0 Å². The van der Waals surface area contributed by atoms with E-state index in [1.807, 2.05) is 0 Å². The van der Waals surface area contributed by atoms with Gasteiger partial charge >= 0.3 is 0 Å². The van der Waals surface area contributed by atoms with Gasteiger partial charge in [0, 0.05) is 13.0 Å². The Morgan fingerprint density at radius 3 is 3.17 bits per heavy atom. The average Bonchev–Trinajstić information content (AvgIpc) is 2.25. The SMILES string of the molecule is OC12CCCCC1[B]CCCO2. The highest BCUT2D eigenvalue weighted by Gasteiger charge is 2.40. The van der Waals surface area contributed by atoms with Gasteiger partial charge in [0.15, 0.2) is 5.79 Å². The smallest absolute Gasteiger partial charge is 0.161 e. The third-order valence-electron chi connectivity index (χ3n) is 3.03. The summed E-state index contributed by atoms with van der Waals surface area (Å²) in [4.78, 5) is 0. The number of aliphatic hydroxyl groups is 1. The predicted molar refractivity (Wildman–Crippen MR) is 48.3 cm³/mol. The minimum Gasteiger partial charge on any atom is -0.366 e. The van der Waals surface area contributed by atoms with Crippen LogP contribution < -0.4 is 0 Å². The van der Waals surface area contributed by atoms with Crippen molar-refractivity contribution >= 4 is 7.28 Å². The van der Waals surface area contributed by atoms with Gasteiger partial charge in [-0.2, -0.15) is 0 Å². The van der Waals surface area contributed by atoms with Gasteiger partial charge in [0.25, 0.3) is 0 Å². The molecule has 12 heavy (non-hydrogen) atoms. The van der Waals surface area contributed by atoms with Crippen molar-refractivity contribution in [2.24, 2.45) is 0 Å². The second-order valence-corrected chi connectivity index (χ2v) is 3.92. The van der Waals surface area contributed by atoms with Gasteiger partial charge in [-0.1, -0.05) is 19.2 Å². The molecule has 2 rings (SSSR count). The van der Waals surface area contributed by atoms with E-state index in [1.165, 1.54) is 6.42 Å². The fourth-order valence-corrected chi connectivity index (χ4v) is 2.29. The predicted octanol–water partition coefficient (Wildman–Crippen LogP) is 1.58. The van der Waals surface area contributed by atoms with Crippen LogP contribution >= 0.6 is 0 Å². The first-order chi connectivity index (χ1) is 5.81. The molecule has 2 atom stereocenters. The molecule has 3 heteroatoms. The quantitative estimate of drug-likeness (QED) is 0.555. The van der Waals surface area contributed by atoms with Crippen LogP contribution in [-0.2, 0) is 4.74 Å². The van der Waals surface area contributed by atoms with E-state index in [9.17, 15) is 5.11 Å². The van der Waals surface area contributed by atoms with Gasteiger partial charge in [0.2, 0.25) is 0 Å². The van der Waals surface area contributed by atoms with E-state index in [0.29, 0.717) is 5.82 Å². The molecule has 2 aliphatic rings. The summed E-state index contributed by atoms with van der Waals surface area (Å²) in [7, 11) is 2.26. The monoisotopic (exact) mass is 167 g/mol. The molecule has 2 nitrogen and oxygen atoms in total.